The van der Waals surface area contributed by atoms with Crippen molar-refractivity contribution in [2.45, 2.75) is 32.7 Å². The normalized spacial score (nSPS) is 17.4. The van der Waals surface area contributed by atoms with Crippen molar-refractivity contribution < 1.29 is 9.53 Å². The van der Waals surface area contributed by atoms with E-state index in [-0.39, 0.29) is 0 Å². The first-order valence-electron chi connectivity index (χ1n) is 12.1. The zero-order valence-electron chi connectivity index (χ0n) is 20.1. The number of hydrogen-bond acceptors (Lipinski definition) is 5. The van der Waals surface area contributed by atoms with Gasteiger partial charge in [0, 0.05) is 56.6 Å². The molecule has 2 aromatic carbocycles. The van der Waals surface area contributed by atoms with Crippen LogP contribution < -0.4 is 9.64 Å². The largest absolute Gasteiger partial charge is 0.493 e. The van der Waals surface area contributed by atoms with Crippen molar-refractivity contribution in [3.8, 4) is 5.75 Å². The maximum Gasteiger partial charge on any atom is 0.150 e. The zero-order chi connectivity index (χ0) is 23.2. The SMILES string of the molecule is C=C(C=O)c1ccccc1N(C)CN1CCN(Cc2ccc(OCC3CCC3)c(C)c2)CC1. The number of hydrogen-bond donors (Lipinski definition) is 0. The Kier molecular flexibility index (Phi) is 7.84. The monoisotopic (exact) mass is 447 g/mol. The fraction of sp³-hybridized carbons (Fsp3) is 0.464. The van der Waals surface area contributed by atoms with Crippen LogP contribution in [0, 0.1) is 12.8 Å². The second-order valence-corrected chi connectivity index (χ2v) is 9.60. The molecule has 5 heteroatoms. The maximum atomic E-state index is 11.2. The Hall–Kier alpha value is -2.63. The van der Waals surface area contributed by atoms with Crippen LogP contribution in [0.2, 0.25) is 0 Å². The number of aryl methyl sites for hydroxylation is 1. The lowest BCUT2D eigenvalue weighted by Gasteiger charge is -2.37. The van der Waals surface area contributed by atoms with Crippen LogP contribution in [0.1, 0.15) is 36.0 Å². The lowest BCUT2D eigenvalue weighted by molar-refractivity contribution is -0.103. The van der Waals surface area contributed by atoms with Gasteiger partial charge in [-0.25, -0.2) is 0 Å². The molecule has 0 unspecified atom stereocenters. The molecule has 0 bridgehead atoms. The summed E-state index contributed by atoms with van der Waals surface area (Å²) < 4.78 is 6.05. The van der Waals surface area contributed by atoms with Gasteiger partial charge in [-0.05, 0) is 48.9 Å². The minimum Gasteiger partial charge on any atom is -0.493 e. The number of anilines is 1. The fourth-order valence-electron chi connectivity index (χ4n) is 4.70. The first-order valence-corrected chi connectivity index (χ1v) is 12.1. The van der Waals surface area contributed by atoms with E-state index >= 15 is 0 Å². The minimum absolute atomic E-state index is 0.525. The summed E-state index contributed by atoms with van der Waals surface area (Å²) in [6, 6.07) is 14.6. The van der Waals surface area contributed by atoms with E-state index < -0.39 is 0 Å². The summed E-state index contributed by atoms with van der Waals surface area (Å²) in [7, 11) is 2.08. The number of para-hydroxylation sites is 1. The van der Waals surface area contributed by atoms with Gasteiger partial charge in [0.1, 0.15) is 12.0 Å². The summed E-state index contributed by atoms with van der Waals surface area (Å²) in [4.78, 5) is 18.4. The maximum absolute atomic E-state index is 11.2. The molecule has 4 rings (SSSR count). The molecule has 0 atom stereocenters. The van der Waals surface area contributed by atoms with Crippen LogP contribution in [0.25, 0.3) is 5.57 Å². The Morgan fingerprint density at radius 1 is 1.12 bits per heavy atom. The number of carbonyl (C=O) groups is 1. The molecular formula is C28H37N3O2. The van der Waals surface area contributed by atoms with Gasteiger partial charge in [-0.3, -0.25) is 14.6 Å². The van der Waals surface area contributed by atoms with Crippen LogP contribution in [0.3, 0.4) is 0 Å². The second kappa shape index (κ2) is 11.0. The van der Waals surface area contributed by atoms with E-state index in [0.717, 1.165) is 75.2 Å². The van der Waals surface area contributed by atoms with E-state index in [1.54, 1.807) is 0 Å². The highest BCUT2D eigenvalue weighted by Crippen LogP contribution is 2.29. The molecule has 1 aliphatic heterocycles. The minimum atomic E-state index is 0.525. The first-order chi connectivity index (χ1) is 16.0. The third-order valence-electron chi connectivity index (χ3n) is 7.03. The van der Waals surface area contributed by atoms with Crippen molar-refractivity contribution in [3.05, 3.63) is 65.7 Å². The molecule has 0 radical (unpaired) electrons. The molecule has 0 spiro atoms. The molecule has 2 aromatic rings. The van der Waals surface area contributed by atoms with Gasteiger partial charge < -0.3 is 9.64 Å². The van der Waals surface area contributed by atoms with Crippen LogP contribution in [-0.4, -0.2) is 62.6 Å². The van der Waals surface area contributed by atoms with Gasteiger partial charge in [0.05, 0.1) is 13.3 Å². The standard InChI is InChI=1S/C28H37N3O2/c1-22-17-25(11-12-28(22)33-20-24-7-6-8-24)18-30-13-15-31(16-14-30)21-29(3)27-10-5-4-9-26(27)23(2)19-32/h4-5,9-12,17,19,24H,2,6-8,13-16,18,20-21H2,1,3H3. The Balaban J connectivity index is 1.26. The van der Waals surface area contributed by atoms with Crippen molar-refractivity contribution in [1.29, 1.82) is 0 Å². The van der Waals surface area contributed by atoms with Gasteiger partial charge in [0.2, 0.25) is 0 Å². The van der Waals surface area contributed by atoms with Crippen molar-refractivity contribution in [2.24, 2.45) is 5.92 Å². The van der Waals surface area contributed by atoms with E-state index in [9.17, 15) is 4.79 Å². The number of rotatable bonds is 10. The molecule has 2 aliphatic rings. The van der Waals surface area contributed by atoms with Crippen molar-refractivity contribution in [2.75, 3.05) is 51.4 Å². The summed E-state index contributed by atoms with van der Waals surface area (Å²) in [6.07, 6.45) is 4.83. The summed E-state index contributed by atoms with van der Waals surface area (Å²) in [6.45, 7) is 12.9. The molecule has 1 aliphatic carbocycles. The number of carbonyl (C=O) groups excluding carboxylic acids is 1. The molecule has 2 fully saturated rings. The lowest BCUT2D eigenvalue weighted by atomic mass is 9.86. The van der Waals surface area contributed by atoms with Gasteiger partial charge in [0.25, 0.3) is 0 Å². The molecule has 1 saturated heterocycles. The molecule has 0 aromatic heterocycles. The van der Waals surface area contributed by atoms with E-state index in [0.29, 0.717) is 5.57 Å². The average molecular weight is 448 g/mol. The Morgan fingerprint density at radius 3 is 2.52 bits per heavy atom. The molecule has 0 N–H and O–H groups in total. The molecule has 5 nitrogen and oxygen atoms in total. The summed E-state index contributed by atoms with van der Waals surface area (Å²) in [5.74, 6) is 1.80. The Morgan fingerprint density at radius 2 is 1.85 bits per heavy atom. The van der Waals surface area contributed by atoms with Crippen LogP contribution in [0.5, 0.6) is 5.75 Å². The summed E-state index contributed by atoms with van der Waals surface area (Å²) in [5.41, 5.74) is 5.08. The first kappa shape index (κ1) is 23.5. The van der Waals surface area contributed by atoms with Crippen molar-refractivity contribution >= 4 is 17.5 Å². The number of piperazine rings is 1. The highest BCUT2D eigenvalue weighted by atomic mass is 16.5. The zero-order valence-corrected chi connectivity index (χ0v) is 20.1. The van der Waals surface area contributed by atoms with Crippen LogP contribution in [0.15, 0.2) is 49.0 Å². The topological polar surface area (TPSA) is 36.0 Å². The summed E-state index contributed by atoms with van der Waals surface area (Å²) in [5, 5.41) is 0. The van der Waals surface area contributed by atoms with Crippen molar-refractivity contribution in [1.82, 2.24) is 9.80 Å². The van der Waals surface area contributed by atoms with Gasteiger partial charge in [-0.1, -0.05) is 43.3 Å². The van der Waals surface area contributed by atoms with E-state index in [1.807, 2.05) is 18.2 Å². The number of allylic oxidation sites excluding steroid dienone is 1. The third-order valence-corrected chi connectivity index (χ3v) is 7.03. The molecule has 1 heterocycles. The second-order valence-electron chi connectivity index (χ2n) is 9.60. The average Bonchev–Trinajstić information content (AvgIpc) is 2.80. The smallest absolute Gasteiger partial charge is 0.150 e. The quantitative estimate of drug-likeness (QED) is 0.393. The molecule has 1 saturated carbocycles. The molecule has 33 heavy (non-hydrogen) atoms. The van der Waals surface area contributed by atoms with Crippen molar-refractivity contribution in [3.63, 3.8) is 0 Å². The van der Waals surface area contributed by atoms with Gasteiger partial charge >= 0.3 is 0 Å². The lowest BCUT2D eigenvalue weighted by Crippen LogP contribution is -2.49. The van der Waals surface area contributed by atoms with Crippen LogP contribution in [0.4, 0.5) is 5.69 Å². The highest BCUT2D eigenvalue weighted by Gasteiger charge is 2.20. The van der Waals surface area contributed by atoms with Gasteiger partial charge in [-0.2, -0.15) is 0 Å². The predicted octanol–water partition coefficient (Wildman–Crippen LogP) is 4.60. The molecule has 176 valence electrons. The fourth-order valence-corrected chi connectivity index (χ4v) is 4.70. The van der Waals surface area contributed by atoms with Crippen LogP contribution >= 0.6 is 0 Å². The van der Waals surface area contributed by atoms with Crippen LogP contribution in [-0.2, 0) is 11.3 Å². The number of aldehydes is 1. The highest BCUT2D eigenvalue weighted by molar-refractivity contribution is 6.08. The summed E-state index contributed by atoms with van der Waals surface area (Å²) >= 11 is 0. The molecule has 0 amide bonds. The Bertz CT molecular complexity index is 961. The Labute approximate surface area is 198 Å². The van der Waals surface area contributed by atoms with E-state index in [4.69, 9.17) is 4.74 Å². The van der Waals surface area contributed by atoms with E-state index in [2.05, 4.69) is 59.5 Å². The predicted molar refractivity (Wildman–Crippen MR) is 136 cm³/mol. The van der Waals surface area contributed by atoms with Gasteiger partial charge in [-0.15, -0.1) is 0 Å². The number of ether oxygens (including phenoxy) is 1. The molecular weight excluding hydrogens is 410 g/mol. The number of nitrogens with zero attached hydrogens (tertiary/aromatic N) is 3. The van der Waals surface area contributed by atoms with Gasteiger partial charge in [0.15, 0.2) is 0 Å². The van der Waals surface area contributed by atoms with E-state index in [1.165, 1.54) is 30.4 Å². The number of benzene rings is 2. The third kappa shape index (κ3) is 6.04.